The van der Waals surface area contributed by atoms with E-state index in [2.05, 4.69) is 4.72 Å². The third-order valence-corrected chi connectivity index (χ3v) is 6.53. The largest absolute Gasteiger partial charge is 0.278 e. The summed E-state index contributed by atoms with van der Waals surface area (Å²) in [5.41, 5.74) is 1.65. The van der Waals surface area contributed by atoms with E-state index in [1.165, 1.54) is 11.8 Å². The highest BCUT2D eigenvalue weighted by Crippen LogP contribution is 2.34. The molecule has 26 heavy (non-hydrogen) atoms. The lowest BCUT2D eigenvalue weighted by Gasteiger charge is -2.12. The molecule has 0 heterocycles. The van der Waals surface area contributed by atoms with E-state index in [9.17, 15) is 8.42 Å². The predicted molar refractivity (Wildman–Crippen MR) is 109 cm³/mol. The molecule has 3 nitrogen and oxygen atoms in total. The Labute approximate surface area is 163 Å². The molecule has 0 aromatic heterocycles. The molecule has 1 N–H and O–H groups in total. The first-order valence-electron chi connectivity index (χ1n) is 8.12. The van der Waals surface area contributed by atoms with E-state index >= 15 is 0 Å². The summed E-state index contributed by atoms with van der Waals surface area (Å²) in [6.07, 6.45) is 0.869. The third-order valence-electron chi connectivity index (χ3n) is 3.81. The zero-order valence-electron chi connectivity index (χ0n) is 14.1. The van der Waals surface area contributed by atoms with E-state index in [0.717, 1.165) is 21.8 Å². The average molecular weight is 404 g/mol. The van der Waals surface area contributed by atoms with Gasteiger partial charge in [0.05, 0.1) is 10.6 Å². The van der Waals surface area contributed by atoms with Crippen LogP contribution >= 0.6 is 23.4 Å². The van der Waals surface area contributed by atoms with Crippen molar-refractivity contribution in [1.82, 2.24) is 0 Å². The molecule has 0 saturated heterocycles. The van der Waals surface area contributed by atoms with Gasteiger partial charge in [-0.05, 0) is 60.5 Å². The molecule has 0 aliphatic rings. The van der Waals surface area contributed by atoms with Gasteiger partial charge in [0, 0.05) is 14.8 Å². The number of rotatable bonds is 6. The second-order valence-corrected chi connectivity index (χ2v) is 8.89. The number of para-hydroxylation sites is 1. The number of halogens is 1. The first kappa shape index (κ1) is 18.8. The number of anilines is 1. The molecule has 0 saturated carbocycles. The number of benzene rings is 3. The number of sulfonamides is 1. The van der Waals surface area contributed by atoms with Crippen LogP contribution in [0.15, 0.2) is 87.5 Å². The lowest BCUT2D eigenvalue weighted by molar-refractivity contribution is 0.601. The summed E-state index contributed by atoms with van der Waals surface area (Å²) in [7, 11) is -3.64. The van der Waals surface area contributed by atoms with Gasteiger partial charge in [-0.25, -0.2) is 8.42 Å². The minimum absolute atomic E-state index is 0.251. The van der Waals surface area contributed by atoms with Gasteiger partial charge in [-0.2, -0.15) is 0 Å². The highest BCUT2D eigenvalue weighted by atomic mass is 35.5. The van der Waals surface area contributed by atoms with Crippen molar-refractivity contribution in [1.29, 1.82) is 0 Å². The van der Waals surface area contributed by atoms with Gasteiger partial charge in [-0.15, -0.1) is 0 Å². The monoisotopic (exact) mass is 403 g/mol. The van der Waals surface area contributed by atoms with Gasteiger partial charge in [0.1, 0.15) is 0 Å². The van der Waals surface area contributed by atoms with Crippen molar-refractivity contribution in [2.24, 2.45) is 0 Å². The first-order valence-corrected chi connectivity index (χ1v) is 10.8. The van der Waals surface area contributed by atoms with Crippen LogP contribution in [0.25, 0.3) is 0 Å². The number of hydrogen-bond donors (Lipinski definition) is 1. The summed E-state index contributed by atoms with van der Waals surface area (Å²) in [4.78, 5) is 2.05. The summed E-state index contributed by atoms with van der Waals surface area (Å²) < 4.78 is 28.1. The molecule has 134 valence electrons. The molecule has 6 heteroatoms. The molecule has 3 aromatic rings. The molecule has 0 atom stereocenters. The summed E-state index contributed by atoms with van der Waals surface area (Å²) in [5, 5.41) is 0.666. The van der Waals surface area contributed by atoms with Crippen molar-refractivity contribution in [2.45, 2.75) is 28.0 Å². The second kappa shape index (κ2) is 8.16. The van der Waals surface area contributed by atoms with Crippen LogP contribution < -0.4 is 4.72 Å². The first-order chi connectivity index (χ1) is 12.5. The smallest absolute Gasteiger partial charge is 0.261 e. The van der Waals surface area contributed by atoms with Crippen LogP contribution in [0.1, 0.15) is 12.5 Å². The van der Waals surface area contributed by atoms with Crippen LogP contribution in [-0.4, -0.2) is 8.42 Å². The Hall–Kier alpha value is -1.95. The Morgan fingerprint density at radius 3 is 2.23 bits per heavy atom. The van der Waals surface area contributed by atoms with Crippen LogP contribution in [0.4, 0.5) is 5.69 Å². The lowest BCUT2D eigenvalue weighted by Crippen LogP contribution is -2.13. The minimum Gasteiger partial charge on any atom is -0.278 e. The summed E-state index contributed by atoms with van der Waals surface area (Å²) in [6, 6.07) is 21.7. The van der Waals surface area contributed by atoms with E-state index in [1.807, 2.05) is 61.5 Å². The Balaban J connectivity index is 1.86. The second-order valence-electron chi connectivity index (χ2n) is 5.66. The number of aryl methyl sites for hydroxylation is 1. The zero-order valence-corrected chi connectivity index (χ0v) is 16.5. The molecular formula is C20H18ClNO2S2. The highest BCUT2D eigenvalue weighted by Gasteiger charge is 2.16. The van der Waals surface area contributed by atoms with Gasteiger partial charge in [0.25, 0.3) is 10.0 Å². The summed E-state index contributed by atoms with van der Waals surface area (Å²) >= 11 is 7.40. The highest BCUT2D eigenvalue weighted by molar-refractivity contribution is 7.99. The van der Waals surface area contributed by atoms with E-state index in [4.69, 9.17) is 11.6 Å². The third kappa shape index (κ3) is 4.61. The van der Waals surface area contributed by atoms with E-state index in [0.29, 0.717) is 10.7 Å². The van der Waals surface area contributed by atoms with Gasteiger partial charge in [-0.3, -0.25) is 4.72 Å². The molecule has 0 fully saturated rings. The van der Waals surface area contributed by atoms with Gasteiger partial charge in [-0.1, -0.05) is 54.6 Å². The van der Waals surface area contributed by atoms with E-state index in [1.54, 1.807) is 18.2 Å². The molecule has 3 aromatic carbocycles. The van der Waals surface area contributed by atoms with Crippen LogP contribution in [0.3, 0.4) is 0 Å². The van der Waals surface area contributed by atoms with Gasteiger partial charge in [0.2, 0.25) is 0 Å². The van der Waals surface area contributed by atoms with Gasteiger partial charge in [0.15, 0.2) is 0 Å². The molecule has 0 aliphatic heterocycles. The van der Waals surface area contributed by atoms with Crippen molar-refractivity contribution in [3.63, 3.8) is 0 Å². The SMILES string of the molecule is CCc1ccc(S(=O)(=O)Nc2ccccc2Sc2ccc(Cl)cc2)cc1. The Morgan fingerprint density at radius 2 is 1.58 bits per heavy atom. The maximum absolute atomic E-state index is 12.7. The molecule has 0 spiro atoms. The normalized spacial score (nSPS) is 11.3. The maximum Gasteiger partial charge on any atom is 0.261 e. The number of nitrogens with one attached hydrogen (secondary N) is 1. The molecule has 0 unspecified atom stereocenters. The fourth-order valence-electron chi connectivity index (χ4n) is 2.38. The maximum atomic E-state index is 12.7. The van der Waals surface area contributed by atoms with Crippen molar-refractivity contribution in [3.05, 3.63) is 83.4 Å². The summed E-state index contributed by atoms with van der Waals surface area (Å²) in [6.45, 7) is 2.03. The predicted octanol–water partition coefficient (Wildman–Crippen LogP) is 5.85. The van der Waals surface area contributed by atoms with E-state index < -0.39 is 10.0 Å². The molecule has 0 bridgehead atoms. The van der Waals surface area contributed by atoms with Gasteiger partial charge >= 0.3 is 0 Å². The fraction of sp³-hybridized carbons (Fsp3) is 0.100. The molecule has 0 aliphatic carbocycles. The fourth-order valence-corrected chi connectivity index (χ4v) is 4.55. The van der Waals surface area contributed by atoms with Crippen molar-refractivity contribution in [3.8, 4) is 0 Å². The van der Waals surface area contributed by atoms with Crippen LogP contribution in [0, 0.1) is 0 Å². The zero-order chi connectivity index (χ0) is 18.6. The molecule has 3 rings (SSSR count). The quantitative estimate of drug-likeness (QED) is 0.561. The Bertz CT molecular complexity index is 985. The topological polar surface area (TPSA) is 46.2 Å². The minimum atomic E-state index is -3.64. The van der Waals surface area contributed by atoms with Crippen molar-refractivity contribution in [2.75, 3.05) is 4.72 Å². The van der Waals surface area contributed by atoms with E-state index in [-0.39, 0.29) is 4.90 Å². The average Bonchev–Trinajstić information content (AvgIpc) is 2.65. The molecular weight excluding hydrogens is 386 g/mol. The molecule has 0 amide bonds. The Morgan fingerprint density at radius 1 is 0.923 bits per heavy atom. The van der Waals surface area contributed by atoms with Crippen LogP contribution in [0.2, 0.25) is 5.02 Å². The summed E-state index contributed by atoms with van der Waals surface area (Å²) in [5.74, 6) is 0. The lowest BCUT2D eigenvalue weighted by atomic mass is 10.2. The van der Waals surface area contributed by atoms with Crippen LogP contribution in [-0.2, 0) is 16.4 Å². The number of hydrogen-bond acceptors (Lipinski definition) is 3. The van der Waals surface area contributed by atoms with Gasteiger partial charge < -0.3 is 0 Å². The van der Waals surface area contributed by atoms with Crippen LogP contribution in [0.5, 0.6) is 0 Å². The standard InChI is InChI=1S/C20H18ClNO2S2/c1-2-15-7-13-18(14-8-15)26(23,24)22-19-5-3-4-6-20(19)25-17-11-9-16(21)10-12-17/h3-14,22H,2H2,1H3. The Kier molecular flexibility index (Phi) is 5.91. The molecule has 0 radical (unpaired) electrons. The van der Waals surface area contributed by atoms with Crippen molar-refractivity contribution < 1.29 is 8.42 Å². The van der Waals surface area contributed by atoms with Crippen molar-refractivity contribution >= 4 is 39.1 Å².